The minimum Gasteiger partial charge on any atom is -1.00 e. The standard InChI is InChI=1S/C13H9.C11H9.C6H14.CH5Si.2ClH.Zr/c1-3-7-12-10(5-1)9-11-6-2-4-8-13(11)12;1-2-6-10(7-3-1)11-8-4-5-9-11;1-3-5-6-4-2;1-2;;;/h1-9H;1-3,6-9H,4H2;3-6H2,1-2H3;2H2,1H3;2*1H;/q;;;;;;+2/p-2. The maximum Gasteiger partial charge on any atom is -1.00 e. The zero-order chi connectivity index (χ0) is 23.0. The Kier molecular flexibility index (Phi) is 13.0. The van der Waals surface area contributed by atoms with E-state index in [1.807, 2.05) is 3.28 Å². The number of benzene rings is 3. The first-order valence-corrected chi connectivity index (χ1v) is 22.8. The van der Waals surface area contributed by atoms with Gasteiger partial charge in [-0.1, -0.05) is 39.5 Å². The molecule has 0 fully saturated rings. The molecule has 0 N–H and O–H groups in total. The maximum absolute atomic E-state index is 2.57. The number of unbranched alkanes of at least 4 members (excludes halogenated alkanes) is 3. The Labute approximate surface area is 234 Å². The van der Waals surface area contributed by atoms with Crippen molar-refractivity contribution in [2.45, 2.75) is 56.1 Å². The van der Waals surface area contributed by atoms with Crippen LogP contribution in [-0.2, 0) is 20.9 Å². The third-order valence-electron chi connectivity index (χ3n) is 6.91. The van der Waals surface area contributed by atoms with Crippen LogP contribution in [0, 0.1) is 0 Å². The number of rotatable bonds is 7. The van der Waals surface area contributed by atoms with Gasteiger partial charge in [-0.15, -0.1) is 0 Å². The first-order valence-electron chi connectivity index (χ1n) is 12.8. The van der Waals surface area contributed by atoms with E-state index >= 15 is 0 Å². The third-order valence-corrected chi connectivity index (χ3v) is 24.5. The second-order valence-corrected chi connectivity index (χ2v) is 25.1. The van der Waals surface area contributed by atoms with Crippen LogP contribution in [-0.4, -0.2) is 6.65 Å². The molecule has 2 aliphatic rings. The summed E-state index contributed by atoms with van der Waals surface area (Å²) in [6.07, 6.45) is 11.8. The summed E-state index contributed by atoms with van der Waals surface area (Å²) in [4.78, 5) is 0. The van der Waals surface area contributed by atoms with Crippen LogP contribution in [0.4, 0.5) is 0 Å². The maximum atomic E-state index is 2.57. The summed E-state index contributed by atoms with van der Waals surface area (Å²) in [5.41, 5.74) is 9.06. The minimum absolute atomic E-state index is 0. The first-order chi connectivity index (χ1) is 16.3. The molecule has 0 saturated heterocycles. The van der Waals surface area contributed by atoms with Gasteiger partial charge in [-0.25, -0.2) is 0 Å². The van der Waals surface area contributed by atoms with Crippen LogP contribution >= 0.6 is 0 Å². The molecule has 0 aliphatic heterocycles. The van der Waals surface area contributed by atoms with Crippen molar-refractivity contribution < 1.29 is 45.7 Å². The van der Waals surface area contributed by atoms with Gasteiger partial charge >= 0.3 is 172 Å². The van der Waals surface area contributed by atoms with Crippen LogP contribution in [0.25, 0.3) is 16.7 Å². The van der Waals surface area contributed by atoms with Crippen molar-refractivity contribution in [3.8, 4) is 11.1 Å². The molecular weight excluding hydrogens is 563 g/mol. The van der Waals surface area contributed by atoms with Crippen molar-refractivity contribution in [1.82, 2.24) is 0 Å². The van der Waals surface area contributed by atoms with Gasteiger partial charge in [0, 0.05) is 0 Å². The number of allylic oxidation sites excluding steroid dienone is 4. The van der Waals surface area contributed by atoms with E-state index in [9.17, 15) is 0 Å². The molecular formula is C31H37Cl2SiZr. The summed E-state index contributed by atoms with van der Waals surface area (Å²) in [6, 6.07) is 29.3. The fourth-order valence-corrected chi connectivity index (χ4v) is 22.2. The molecule has 0 atom stereocenters. The van der Waals surface area contributed by atoms with Crippen molar-refractivity contribution in [2.75, 3.05) is 0 Å². The van der Waals surface area contributed by atoms with E-state index in [-0.39, 0.29) is 31.5 Å². The number of halogens is 2. The van der Waals surface area contributed by atoms with E-state index in [2.05, 4.69) is 111 Å². The van der Waals surface area contributed by atoms with E-state index in [1.54, 1.807) is 11.1 Å². The predicted molar refractivity (Wildman–Crippen MR) is 145 cm³/mol. The molecule has 0 unspecified atom stereocenters. The normalized spacial score (nSPS) is 13.6. The summed E-state index contributed by atoms with van der Waals surface area (Å²) in [5, 5.41) is 0. The zero-order valence-electron chi connectivity index (χ0n) is 21.2. The van der Waals surface area contributed by atoms with Gasteiger partial charge in [0.05, 0.1) is 0 Å². The molecule has 0 radical (unpaired) electrons. The summed E-state index contributed by atoms with van der Waals surface area (Å²) >= 11 is -1.71. The molecule has 0 nitrogen and oxygen atoms in total. The Balaban J connectivity index is 0.000000486. The molecule has 2 aliphatic carbocycles. The Morgan fingerprint density at radius 1 is 0.743 bits per heavy atom. The van der Waals surface area contributed by atoms with Crippen LogP contribution in [0.2, 0.25) is 6.55 Å². The topological polar surface area (TPSA) is 0 Å². The zero-order valence-corrected chi connectivity index (χ0v) is 26.6. The van der Waals surface area contributed by atoms with Gasteiger partial charge in [-0.2, -0.15) is 0 Å². The second-order valence-electron chi connectivity index (χ2n) is 9.09. The van der Waals surface area contributed by atoms with Crippen molar-refractivity contribution in [2.24, 2.45) is 0 Å². The summed E-state index contributed by atoms with van der Waals surface area (Å²) in [7, 11) is 0. The Morgan fingerprint density at radius 2 is 1.26 bits per heavy atom. The van der Waals surface area contributed by atoms with E-state index in [0.29, 0.717) is 0 Å². The van der Waals surface area contributed by atoms with Gasteiger partial charge < -0.3 is 24.8 Å². The first kappa shape index (κ1) is 30.0. The van der Waals surface area contributed by atoms with Crippen molar-refractivity contribution in [3.63, 3.8) is 0 Å². The fraction of sp³-hybridized carbons (Fsp3) is 0.290. The average Bonchev–Trinajstić information content (AvgIpc) is 3.49. The average molecular weight is 600 g/mol. The van der Waals surface area contributed by atoms with Gasteiger partial charge in [-0.05, 0) is 0 Å². The molecule has 3 aromatic carbocycles. The van der Waals surface area contributed by atoms with E-state index < -0.39 is 20.9 Å². The molecule has 35 heavy (non-hydrogen) atoms. The van der Waals surface area contributed by atoms with E-state index in [1.165, 1.54) is 54.4 Å². The van der Waals surface area contributed by atoms with E-state index in [0.717, 1.165) is 3.63 Å². The van der Waals surface area contributed by atoms with Crippen LogP contribution in [0.15, 0.2) is 94.3 Å². The van der Waals surface area contributed by atoms with Crippen LogP contribution in [0.1, 0.15) is 66.3 Å². The molecule has 0 spiro atoms. The molecule has 0 aromatic heterocycles. The SMILES string of the molecule is CCCCCC.C[SiH2][Zr+2]([C]1=CC(c2ccccc2)=CC1)[CH]1c2ccccc2-c2ccccc21.[Cl-].[Cl-]. The van der Waals surface area contributed by atoms with Crippen LogP contribution in [0.5, 0.6) is 0 Å². The summed E-state index contributed by atoms with van der Waals surface area (Å²) < 4.78 is 2.56. The van der Waals surface area contributed by atoms with Crippen molar-refractivity contribution >= 4 is 12.2 Å². The largest absolute Gasteiger partial charge is 1.00 e. The molecule has 183 valence electrons. The molecule has 4 heteroatoms. The van der Waals surface area contributed by atoms with Gasteiger partial charge in [0.2, 0.25) is 0 Å². The quantitative estimate of drug-likeness (QED) is 0.289. The molecule has 5 rings (SSSR count). The molecule has 0 bridgehead atoms. The summed E-state index contributed by atoms with van der Waals surface area (Å²) in [6.45, 7) is 7.02. The molecule has 0 saturated carbocycles. The van der Waals surface area contributed by atoms with Crippen molar-refractivity contribution in [3.05, 3.63) is 111 Å². The molecule has 3 aromatic rings. The van der Waals surface area contributed by atoms with Crippen LogP contribution in [0.3, 0.4) is 0 Å². The van der Waals surface area contributed by atoms with Crippen LogP contribution < -0.4 is 24.8 Å². The number of hydrogen-bond donors (Lipinski definition) is 0. The minimum atomic E-state index is -1.71. The monoisotopic (exact) mass is 597 g/mol. The van der Waals surface area contributed by atoms with Gasteiger partial charge in [-0.3, -0.25) is 0 Å². The van der Waals surface area contributed by atoms with Gasteiger partial charge in [0.15, 0.2) is 0 Å². The Morgan fingerprint density at radius 3 is 1.77 bits per heavy atom. The fourth-order valence-electron chi connectivity index (χ4n) is 5.23. The number of fused-ring (bicyclic) bond motifs is 3. The van der Waals surface area contributed by atoms with Gasteiger partial charge in [0.25, 0.3) is 0 Å². The number of hydrogen-bond acceptors (Lipinski definition) is 0. The van der Waals surface area contributed by atoms with Crippen molar-refractivity contribution in [1.29, 1.82) is 0 Å². The van der Waals surface area contributed by atoms with Gasteiger partial charge in [0.1, 0.15) is 0 Å². The van der Waals surface area contributed by atoms with E-state index in [4.69, 9.17) is 0 Å². The summed E-state index contributed by atoms with van der Waals surface area (Å²) in [5.74, 6) is 0. The Hall–Kier alpha value is -1.18. The molecule has 0 heterocycles. The second kappa shape index (κ2) is 15.2. The molecule has 0 amide bonds. The smallest absolute Gasteiger partial charge is 1.00 e. The third kappa shape index (κ3) is 6.98. The Bertz CT molecular complexity index is 1070. The predicted octanol–water partition coefficient (Wildman–Crippen LogP) is 2.47.